The Hall–Kier alpha value is -1.35. The normalized spacial score (nSPS) is 22.2. The van der Waals surface area contributed by atoms with Crippen LogP contribution < -0.4 is 0 Å². The number of nitrogens with zero attached hydrogens (tertiary/aromatic N) is 1. The van der Waals surface area contributed by atoms with Gasteiger partial charge in [-0.3, -0.25) is 4.90 Å². The second-order valence-corrected chi connectivity index (χ2v) is 8.71. The molecule has 1 aliphatic heterocycles. The fourth-order valence-electron chi connectivity index (χ4n) is 4.55. The molecule has 1 atom stereocenters. The molecule has 3 heteroatoms. The van der Waals surface area contributed by atoms with E-state index in [0.717, 1.165) is 37.9 Å². The summed E-state index contributed by atoms with van der Waals surface area (Å²) < 4.78 is 0. The van der Waals surface area contributed by atoms with E-state index >= 15 is 0 Å². The van der Waals surface area contributed by atoms with Crippen LogP contribution in [0, 0.1) is 5.41 Å². The van der Waals surface area contributed by atoms with Gasteiger partial charge in [0.05, 0.1) is 5.56 Å². The average Bonchev–Trinajstić information content (AvgIpc) is 2.53. The smallest absolute Gasteiger partial charge is 0.335 e. The van der Waals surface area contributed by atoms with Crippen LogP contribution >= 0.6 is 0 Å². The fraction of sp³-hybridized carbons (Fsp3) is 0.667. The Morgan fingerprint density at radius 3 is 2.50 bits per heavy atom. The minimum Gasteiger partial charge on any atom is -0.478 e. The van der Waals surface area contributed by atoms with E-state index in [1.54, 1.807) is 0 Å². The van der Waals surface area contributed by atoms with E-state index in [2.05, 4.69) is 31.7 Å². The van der Waals surface area contributed by atoms with Crippen molar-refractivity contribution in [1.29, 1.82) is 0 Å². The molecule has 0 amide bonds. The highest BCUT2D eigenvalue weighted by molar-refractivity contribution is 5.90. The molecule has 2 aliphatic rings. The summed E-state index contributed by atoms with van der Waals surface area (Å²) in [4.78, 5) is 14.2. The molecule has 1 aromatic rings. The maximum absolute atomic E-state index is 11.6. The lowest BCUT2D eigenvalue weighted by molar-refractivity contribution is 0.0695. The van der Waals surface area contributed by atoms with Crippen LogP contribution in [0.15, 0.2) is 12.1 Å². The van der Waals surface area contributed by atoms with Crippen molar-refractivity contribution >= 4 is 5.97 Å². The van der Waals surface area contributed by atoms with Crippen molar-refractivity contribution < 1.29 is 9.90 Å². The van der Waals surface area contributed by atoms with Gasteiger partial charge in [0.15, 0.2) is 0 Å². The molecule has 0 spiro atoms. The number of likely N-dealkylation sites (tertiary alicyclic amines) is 1. The molecule has 1 N–H and O–H groups in total. The Labute approximate surface area is 146 Å². The van der Waals surface area contributed by atoms with Gasteiger partial charge in [-0.25, -0.2) is 4.79 Å². The summed E-state index contributed by atoms with van der Waals surface area (Å²) in [5, 5.41) is 9.54. The molecule has 0 aromatic heterocycles. The van der Waals surface area contributed by atoms with Crippen LogP contribution in [0.5, 0.6) is 0 Å². The first-order chi connectivity index (χ1) is 11.4. The lowest BCUT2D eigenvalue weighted by Gasteiger charge is -2.41. The van der Waals surface area contributed by atoms with Gasteiger partial charge in [-0.05, 0) is 73.2 Å². The first-order valence-electron chi connectivity index (χ1n) is 9.49. The summed E-state index contributed by atoms with van der Waals surface area (Å²) in [5.41, 5.74) is 4.71. The summed E-state index contributed by atoms with van der Waals surface area (Å²) in [6.07, 6.45) is 8.04. The number of fused-ring (bicyclic) bond motifs is 1. The van der Waals surface area contributed by atoms with Crippen molar-refractivity contribution in [2.45, 2.75) is 71.8 Å². The van der Waals surface area contributed by atoms with Crippen molar-refractivity contribution in [2.24, 2.45) is 5.41 Å². The molecule has 132 valence electrons. The molecule has 1 unspecified atom stereocenters. The molecular weight excluding hydrogens is 298 g/mol. The number of carbonyl (C=O) groups is 1. The third-order valence-corrected chi connectivity index (χ3v) is 5.45. The van der Waals surface area contributed by atoms with E-state index in [-0.39, 0.29) is 5.41 Å². The summed E-state index contributed by atoms with van der Waals surface area (Å²) >= 11 is 0. The summed E-state index contributed by atoms with van der Waals surface area (Å²) in [6.45, 7) is 9.19. The van der Waals surface area contributed by atoms with Crippen LogP contribution in [0.3, 0.4) is 0 Å². The fourth-order valence-corrected chi connectivity index (χ4v) is 4.55. The van der Waals surface area contributed by atoms with E-state index < -0.39 is 5.97 Å². The second kappa shape index (κ2) is 6.87. The van der Waals surface area contributed by atoms with E-state index in [0.29, 0.717) is 11.6 Å². The first-order valence-corrected chi connectivity index (χ1v) is 9.49. The van der Waals surface area contributed by atoms with Crippen molar-refractivity contribution in [3.05, 3.63) is 34.4 Å². The molecule has 0 radical (unpaired) electrons. The van der Waals surface area contributed by atoms with Gasteiger partial charge in [0.25, 0.3) is 0 Å². The van der Waals surface area contributed by atoms with Crippen molar-refractivity contribution in [1.82, 2.24) is 4.90 Å². The molecule has 3 nitrogen and oxygen atoms in total. The van der Waals surface area contributed by atoms with Crippen LogP contribution in [-0.4, -0.2) is 29.1 Å². The Bertz CT molecular complexity index is 615. The summed E-state index contributed by atoms with van der Waals surface area (Å²) in [5.74, 6) is -0.769. The average molecular weight is 329 g/mol. The van der Waals surface area contributed by atoms with Crippen LogP contribution in [0.2, 0.25) is 0 Å². The number of carboxylic acid groups (broad SMARTS) is 1. The molecule has 1 aromatic carbocycles. The summed E-state index contributed by atoms with van der Waals surface area (Å²) in [6, 6.07) is 4.46. The molecule has 1 fully saturated rings. The largest absolute Gasteiger partial charge is 0.478 e. The number of carboxylic acids is 1. The zero-order valence-electron chi connectivity index (χ0n) is 15.4. The maximum Gasteiger partial charge on any atom is 0.335 e. The highest BCUT2D eigenvalue weighted by Gasteiger charge is 2.31. The van der Waals surface area contributed by atoms with Crippen LogP contribution in [0.25, 0.3) is 0 Å². The predicted octanol–water partition coefficient (Wildman–Crippen LogP) is 4.84. The molecule has 0 bridgehead atoms. The monoisotopic (exact) mass is 329 g/mol. The van der Waals surface area contributed by atoms with Gasteiger partial charge in [-0.1, -0.05) is 33.3 Å². The highest BCUT2D eigenvalue weighted by atomic mass is 16.4. The predicted molar refractivity (Wildman–Crippen MR) is 97.7 cm³/mol. The third-order valence-electron chi connectivity index (χ3n) is 5.45. The minimum atomic E-state index is -0.769. The lowest BCUT2D eigenvalue weighted by atomic mass is 9.80. The quantitative estimate of drug-likeness (QED) is 0.863. The standard InChI is InChI=1S/C21H31NO2/c1-21(2,3)14-22-13-7-6-10-19(22)17-11-12-18(20(23)24)16-9-5-4-8-15(16)17/h11-12,19H,4-10,13-14H2,1-3H3,(H,23,24). The number of benzene rings is 1. The number of piperidine rings is 1. The van der Waals surface area contributed by atoms with Gasteiger partial charge < -0.3 is 5.11 Å². The number of hydrogen-bond acceptors (Lipinski definition) is 2. The first kappa shape index (κ1) is 17.5. The van der Waals surface area contributed by atoms with Crippen LogP contribution in [0.4, 0.5) is 0 Å². The summed E-state index contributed by atoms with van der Waals surface area (Å²) in [7, 11) is 0. The molecule has 0 saturated carbocycles. The van der Waals surface area contributed by atoms with E-state index in [4.69, 9.17) is 0 Å². The Morgan fingerprint density at radius 1 is 1.12 bits per heavy atom. The molecule has 3 rings (SSSR count). The lowest BCUT2D eigenvalue weighted by Crippen LogP contribution is -2.39. The molecule has 1 saturated heterocycles. The van der Waals surface area contributed by atoms with Crippen LogP contribution in [-0.2, 0) is 12.8 Å². The third kappa shape index (κ3) is 3.66. The van der Waals surface area contributed by atoms with Crippen molar-refractivity contribution in [3.63, 3.8) is 0 Å². The number of rotatable bonds is 3. The number of aromatic carboxylic acids is 1. The zero-order chi connectivity index (χ0) is 17.3. The molecule has 1 heterocycles. The topological polar surface area (TPSA) is 40.5 Å². The zero-order valence-corrected chi connectivity index (χ0v) is 15.4. The Balaban J connectivity index is 1.99. The van der Waals surface area contributed by atoms with Crippen molar-refractivity contribution in [2.75, 3.05) is 13.1 Å². The van der Waals surface area contributed by atoms with Gasteiger partial charge in [0.2, 0.25) is 0 Å². The maximum atomic E-state index is 11.6. The van der Waals surface area contributed by atoms with Gasteiger partial charge in [0, 0.05) is 12.6 Å². The second-order valence-electron chi connectivity index (χ2n) is 8.71. The van der Waals surface area contributed by atoms with E-state index in [1.165, 1.54) is 36.8 Å². The highest BCUT2D eigenvalue weighted by Crippen LogP contribution is 2.38. The molecular formula is C21H31NO2. The van der Waals surface area contributed by atoms with Gasteiger partial charge in [-0.15, -0.1) is 0 Å². The molecule has 24 heavy (non-hydrogen) atoms. The minimum absolute atomic E-state index is 0.288. The van der Waals surface area contributed by atoms with Gasteiger partial charge in [-0.2, -0.15) is 0 Å². The van der Waals surface area contributed by atoms with E-state index in [1.807, 2.05) is 6.07 Å². The van der Waals surface area contributed by atoms with Crippen molar-refractivity contribution in [3.8, 4) is 0 Å². The van der Waals surface area contributed by atoms with E-state index in [9.17, 15) is 9.90 Å². The van der Waals surface area contributed by atoms with Gasteiger partial charge in [0.1, 0.15) is 0 Å². The van der Waals surface area contributed by atoms with Gasteiger partial charge >= 0.3 is 5.97 Å². The Morgan fingerprint density at radius 2 is 1.83 bits per heavy atom. The molecule has 1 aliphatic carbocycles. The Kier molecular flexibility index (Phi) is 5.00. The van der Waals surface area contributed by atoms with Crippen LogP contribution in [0.1, 0.15) is 86.0 Å². The SMILES string of the molecule is CC(C)(C)CN1CCCCC1c1ccc(C(=O)O)c2c1CCCC2. The number of hydrogen-bond donors (Lipinski definition) is 1.